The minimum atomic E-state index is 0.0420. The molecule has 2 aliphatic rings. The quantitative estimate of drug-likeness (QED) is 0.850. The van der Waals surface area contributed by atoms with Gasteiger partial charge in [-0.25, -0.2) is 9.97 Å². The van der Waals surface area contributed by atoms with Gasteiger partial charge in [-0.05, 0) is 30.7 Å². The zero-order valence-electron chi connectivity index (χ0n) is 15.0. The average Bonchev–Trinajstić information content (AvgIpc) is 2.61. The first kappa shape index (κ1) is 17.1. The van der Waals surface area contributed by atoms with Crippen molar-refractivity contribution in [3.63, 3.8) is 0 Å². The molecule has 1 amide bonds. The molecule has 132 valence electrons. The van der Waals surface area contributed by atoms with Crippen LogP contribution in [0.3, 0.4) is 0 Å². The van der Waals surface area contributed by atoms with Crippen LogP contribution in [-0.2, 0) is 4.74 Å². The monoisotopic (exact) mass is 332 g/mol. The largest absolute Gasteiger partial charge is 0.378 e. The van der Waals surface area contributed by atoms with E-state index in [1.807, 2.05) is 11.0 Å². The first-order chi connectivity index (χ1) is 11.5. The molecular formula is C18H28N4O2. The minimum absolute atomic E-state index is 0.0420. The van der Waals surface area contributed by atoms with Gasteiger partial charge in [0.25, 0.3) is 5.91 Å². The summed E-state index contributed by atoms with van der Waals surface area (Å²) in [6.07, 6.45) is 2.27. The lowest BCUT2D eigenvalue weighted by molar-refractivity contribution is 0.0676. The van der Waals surface area contributed by atoms with Crippen molar-refractivity contribution in [3.05, 3.63) is 17.5 Å². The number of likely N-dealkylation sites (tertiary alicyclic amines) is 1. The molecule has 6 heteroatoms. The molecule has 3 heterocycles. The maximum atomic E-state index is 12.9. The lowest BCUT2D eigenvalue weighted by atomic mass is 10.00. The van der Waals surface area contributed by atoms with E-state index in [4.69, 9.17) is 4.74 Å². The second-order valence-corrected chi connectivity index (χ2v) is 7.23. The van der Waals surface area contributed by atoms with Crippen LogP contribution in [0.4, 0.5) is 5.95 Å². The second kappa shape index (κ2) is 7.47. The first-order valence-electron chi connectivity index (χ1n) is 9.05. The number of anilines is 1. The summed E-state index contributed by atoms with van der Waals surface area (Å²) in [7, 11) is 0. The summed E-state index contributed by atoms with van der Waals surface area (Å²) in [6, 6.07) is 1.87. The van der Waals surface area contributed by atoms with Gasteiger partial charge in [-0.2, -0.15) is 0 Å². The normalized spacial score (nSPS) is 22.1. The van der Waals surface area contributed by atoms with Crippen LogP contribution in [0.5, 0.6) is 0 Å². The van der Waals surface area contributed by atoms with Crippen molar-refractivity contribution in [3.8, 4) is 0 Å². The Morgan fingerprint density at radius 3 is 2.67 bits per heavy atom. The number of carbonyl (C=O) groups is 1. The molecule has 2 aliphatic heterocycles. The maximum absolute atomic E-state index is 12.9. The third-order valence-corrected chi connectivity index (χ3v) is 4.78. The van der Waals surface area contributed by atoms with Crippen molar-refractivity contribution in [1.29, 1.82) is 0 Å². The van der Waals surface area contributed by atoms with Gasteiger partial charge in [0.05, 0.1) is 13.2 Å². The fourth-order valence-electron chi connectivity index (χ4n) is 3.30. The Labute approximate surface area is 144 Å². The van der Waals surface area contributed by atoms with E-state index in [1.165, 1.54) is 6.42 Å². The molecule has 6 nitrogen and oxygen atoms in total. The van der Waals surface area contributed by atoms with Crippen LogP contribution in [0.25, 0.3) is 0 Å². The molecule has 2 fully saturated rings. The van der Waals surface area contributed by atoms with Gasteiger partial charge < -0.3 is 14.5 Å². The molecular weight excluding hydrogens is 304 g/mol. The molecule has 0 aromatic carbocycles. The molecule has 2 saturated heterocycles. The van der Waals surface area contributed by atoms with Crippen LogP contribution in [0.15, 0.2) is 6.07 Å². The number of piperidine rings is 1. The van der Waals surface area contributed by atoms with Crippen LogP contribution < -0.4 is 4.90 Å². The Balaban J connectivity index is 1.88. The molecule has 0 saturated carbocycles. The highest BCUT2D eigenvalue weighted by atomic mass is 16.5. The van der Waals surface area contributed by atoms with Gasteiger partial charge in [0.15, 0.2) is 0 Å². The van der Waals surface area contributed by atoms with Crippen LogP contribution in [0.2, 0.25) is 0 Å². The van der Waals surface area contributed by atoms with Gasteiger partial charge in [0, 0.05) is 31.9 Å². The Morgan fingerprint density at radius 1 is 1.25 bits per heavy atom. The number of amides is 1. The van der Waals surface area contributed by atoms with E-state index in [1.54, 1.807) is 0 Å². The summed E-state index contributed by atoms with van der Waals surface area (Å²) < 4.78 is 5.41. The summed E-state index contributed by atoms with van der Waals surface area (Å²) in [5.74, 6) is 1.53. The predicted octanol–water partition coefficient (Wildman–Crippen LogP) is 2.31. The van der Waals surface area contributed by atoms with Crippen molar-refractivity contribution >= 4 is 11.9 Å². The molecule has 0 aliphatic carbocycles. The van der Waals surface area contributed by atoms with Crippen molar-refractivity contribution in [2.75, 3.05) is 44.3 Å². The molecule has 0 unspecified atom stereocenters. The SMILES string of the molecule is CC(C)c1cc(C(=O)N2CCC[C@H](C)C2)nc(N2CCOCC2)n1. The Kier molecular flexibility index (Phi) is 5.33. The van der Waals surface area contributed by atoms with Gasteiger partial charge in [-0.15, -0.1) is 0 Å². The summed E-state index contributed by atoms with van der Waals surface area (Å²) in [4.78, 5) is 26.3. The topological polar surface area (TPSA) is 58.6 Å². The molecule has 3 rings (SSSR count). The van der Waals surface area contributed by atoms with E-state index in [0.717, 1.165) is 38.3 Å². The molecule has 0 spiro atoms. The van der Waals surface area contributed by atoms with Crippen LogP contribution in [0, 0.1) is 5.92 Å². The number of rotatable bonds is 3. The predicted molar refractivity (Wildman–Crippen MR) is 93.5 cm³/mol. The molecule has 0 bridgehead atoms. The van der Waals surface area contributed by atoms with E-state index < -0.39 is 0 Å². The minimum Gasteiger partial charge on any atom is -0.378 e. The van der Waals surface area contributed by atoms with Crippen molar-refractivity contribution in [2.24, 2.45) is 5.92 Å². The number of ether oxygens (including phenoxy) is 1. The number of nitrogens with zero attached hydrogens (tertiary/aromatic N) is 4. The molecule has 1 aromatic rings. The Morgan fingerprint density at radius 2 is 2.00 bits per heavy atom. The third-order valence-electron chi connectivity index (χ3n) is 4.78. The van der Waals surface area contributed by atoms with E-state index in [2.05, 4.69) is 35.6 Å². The summed E-state index contributed by atoms with van der Waals surface area (Å²) in [6.45, 7) is 11.0. The molecule has 0 N–H and O–H groups in total. The van der Waals surface area contributed by atoms with Crippen LogP contribution in [0.1, 0.15) is 55.7 Å². The van der Waals surface area contributed by atoms with Gasteiger partial charge in [0.1, 0.15) is 5.69 Å². The zero-order chi connectivity index (χ0) is 17.1. The summed E-state index contributed by atoms with van der Waals surface area (Å²) in [5.41, 5.74) is 1.46. The van der Waals surface area contributed by atoms with Gasteiger partial charge in [0.2, 0.25) is 5.95 Å². The summed E-state index contributed by atoms with van der Waals surface area (Å²) >= 11 is 0. The first-order valence-corrected chi connectivity index (χ1v) is 9.05. The highest BCUT2D eigenvalue weighted by Gasteiger charge is 2.25. The number of carbonyl (C=O) groups excluding carboxylic acids is 1. The van der Waals surface area contributed by atoms with Crippen LogP contribution >= 0.6 is 0 Å². The fraction of sp³-hybridized carbons (Fsp3) is 0.722. The molecule has 1 aromatic heterocycles. The van der Waals surface area contributed by atoms with Gasteiger partial charge >= 0.3 is 0 Å². The Bertz CT molecular complexity index is 584. The molecule has 1 atom stereocenters. The molecule has 0 radical (unpaired) electrons. The van der Waals surface area contributed by atoms with Crippen molar-refractivity contribution < 1.29 is 9.53 Å². The average molecular weight is 332 g/mol. The van der Waals surface area contributed by atoms with Crippen molar-refractivity contribution in [2.45, 2.75) is 39.5 Å². The van der Waals surface area contributed by atoms with E-state index in [0.29, 0.717) is 30.8 Å². The standard InChI is InChI=1S/C18H28N4O2/c1-13(2)15-11-16(17(23)22-6-4-5-14(3)12-22)20-18(19-15)21-7-9-24-10-8-21/h11,13-14H,4-10,12H2,1-3H3/t14-/m0/s1. The van der Waals surface area contributed by atoms with Crippen LogP contribution in [-0.4, -0.2) is 60.2 Å². The number of hydrogen-bond acceptors (Lipinski definition) is 5. The smallest absolute Gasteiger partial charge is 0.272 e. The Hall–Kier alpha value is -1.69. The van der Waals surface area contributed by atoms with Gasteiger partial charge in [-0.3, -0.25) is 4.79 Å². The maximum Gasteiger partial charge on any atom is 0.272 e. The third kappa shape index (κ3) is 3.86. The number of hydrogen-bond donors (Lipinski definition) is 0. The number of morpholine rings is 1. The van der Waals surface area contributed by atoms with E-state index in [9.17, 15) is 4.79 Å². The van der Waals surface area contributed by atoms with E-state index in [-0.39, 0.29) is 11.8 Å². The fourth-order valence-corrected chi connectivity index (χ4v) is 3.30. The zero-order valence-corrected chi connectivity index (χ0v) is 15.0. The summed E-state index contributed by atoms with van der Waals surface area (Å²) in [5, 5.41) is 0. The lowest BCUT2D eigenvalue weighted by Gasteiger charge is -2.31. The molecule has 24 heavy (non-hydrogen) atoms. The van der Waals surface area contributed by atoms with Crippen molar-refractivity contribution in [1.82, 2.24) is 14.9 Å². The number of aromatic nitrogens is 2. The highest BCUT2D eigenvalue weighted by Crippen LogP contribution is 2.21. The second-order valence-electron chi connectivity index (χ2n) is 7.23. The van der Waals surface area contributed by atoms with E-state index >= 15 is 0 Å². The highest BCUT2D eigenvalue weighted by molar-refractivity contribution is 5.92. The lowest BCUT2D eigenvalue weighted by Crippen LogP contribution is -2.40. The van der Waals surface area contributed by atoms with Gasteiger partial charge in [-0.1, -0.05) is 20.8 Å².